The van der Waals surface area contributed by atoms with Crippen LogP contribution in [0.5, 0.6) is 0 Å². The zero-order valence-corrected chi connectivity index (χ0v) is 6.95. The highest BCUT2D eigenvalue weighted by Crippen LogP contribution is 2.50. The van der Waals surface area contributed by atoms with Gasteiger partial charge in [0.25, 0.3) is 0 Å². The van der Waals surface area contributed by atoms with Gasteiger partial charge in [-0.1, -0.05) is 0 Å². The summed E-state index contributed by atoms with van der Waals surface area (Å²) in [6.07, 6.45) is 0. The van der Waals surface area contributed by atoms with Gasteiger partial charge in [0.05, 0.1) is 0 Å². The summed E-state index contributed by atoms with van der Waals surface area (Å²) in [4.78, 5) is 2.42. The molecule has 0 spiro atoms. The first kappa shape index (κ1) is 7.53. The minimum Gasteiger partial charge on any atom is -0.396 e. The van der Waals surface area contributed by atoms with E-state index in [0.717, 1.165) is 18.5 Å². The quantitative estimate of drug-likeness (QED) is 0.569. The molecule has 0 bridgehead atoms. The standard InChI is InChI=1S/C8H16N2O/c1-9-5-10-2-6-7(3-10)8(6)4-11/h6-9,11H,2-5H2,1H3. The van der Waals surface area contributed by atoms with E-state index in [0.29, 0.717) is 12.5 Å². The lowest BCUT2D eigenvalue weighted by atomic mass is 10.3. The van der Waals surface area contributed by atoms with E-state index in [1.54, 1.807) is 0 Å². The summed E-state index contributed by atoms with van der Waals surface area (Å²) in [5, 5.41) is 12.0. The van der Waals surface area contributed by atoms with Gasteiger partial charge < -0.3 is 10.4 Å². The lowest BCUT2D eigenvalue weighted by molar-refractivity contribution is 0.216. The summed E-state index contributed by atoms with van der Waals surface area (Å²) < 4.78 is 0. The molecule has 1 saturated heterocycles. The second kappa shape index (κ2) is 2.73. The number of nitrogens with zero attached hydrogens (tertiary/aromatic N) is 1. The molecule has 0 aromatic rings. The van der Waals surface area contributed by atoms with Crippen molar-refractivity contribution in [3.8, 4) is 0 Å². The van der Waals surface area contributed by atoms with Crippen LogP contribution in [0.15, 0.2) is 0 Å². The van der Waals surface area contributed by atoms with Gasteiger partial charge in [-0.05, 0) is 24.8 Å². The number of nitrogens with one attached hydrogen (secondary N) is 1. The number of likely N-dealkylation sites (tertiary alicyclic amines) is 1. The van der Waals surface area contributed by atoms with E-state index in [1.165, 1.54) is 13.1 Å². The van der Waals surface area contributed by atoms with Crippen LogP contribution in [0.25, 0.3) is 0 Å². The van der Waals surface area contributed by atoms with Gasteiger partial charge in [0, 0.05) is 26.4 Å². The first-order chi connectivity index (χ1) is 5.36. The van der Waals surface area contributed by atoms with E-state index in [1.807, 2.05) is 7.05 Å². The first-order valence-corrected chi connectivity index (χ1v) is 4.34. The van der Waals surface area contributed by atoms with Crippen molar-refractivity contribution in [2.24, 2.45) is 17.8 Å². The van der Waals surface area contributed by atoms with Crippen molar-refractivity contribution in [2.45, 2.75) is 0 Å². The summed E-state index contributed by atoms with van der Waals surface area (Å²) in [7, 11) is 1.98. The van der Waals surface area contributed by atoms with Crippen LogP contribution in [0.4, 0.5) is 0 Å². The van der Waals surface area contributed by atoms with Crippen molar-refractivity contribution in [3.05, 3.63) is 0 Å². The molecule has 11 heavy (non-hydrogen) atoms. The Hall–Kier alpha value is -0.120. The van der Waals surface area contributed by atoms with Crippen LogP contribution in [0.3, 0.4) is 0 Å². The Morgan fingerprint density at radius 1 is 1.45 bits per heavy atom. The lowest BCUT2D eigenvalue weighted by Gasteiger charge is -2.17. The highest BCUT2D eigenvalue weighted by atomic mass is 16.3. The number of rotatable bonds is 3. The van der Waals surface area contributed by atoms with Gasteiger partial charge in [0.2, 0.25) is 0 Å². The van der Waals surface area contributed by atoms with E-state index in [4.69, 9.17) is 5.11 Å². The van der Waals surface area contributed by atoms with Crippen molar-refractivity contribution in [1.82, 2.24) is 10.2 Å². The van der Waals surface area contributed by atoms with Crippen molar-refractivity contribution in [1.29, 1.82) is 0 Å². The Kier molecular flexibility index (Phi) is 1.87. The molecule has 2 unspecified atom stereocenters. The first-order valence-electron chi connectivity index (χ1n) is 4.34. The molecule has 0 radical (unpaired) electrons. The van der Waals surface area contributed by atoms with Crippen LogP contribution in [-0.4, -0.2) is 43.4 Å². The normalized spacial score (nSPS) is 42.5. The summed E-state index contributed by atoms with van der Waals surface area (Å²) in [6, 6.07) is 0. The van der Waals surface area contributed by atoms with Crippen molar-refractivity contribution in [2.75, 3.05) is 33.4 Å². The maximum atomic E-state index is 8.89. The number of aliphatic hydroxyl groups is 1. The Bertz CT molecular complexity index is 139. The van der Waals surface area contributed by atoms with Crippen LogP contribution < -0.4 is 5.32 Å². The zero-order valence-electron chi connectivity index (χ0n) is 6.95. The second-order valence-electron chi connectivity index (χ2n) is 3.72. The Morgan fingerprint density at radius 2 is 2.09 bits per heavy atom. The molecule has 0 aromatic carbocycles. The summed E-state index contributed by atoms with van der Waals surface area (Å²) >= 11 is 0. The summed E-state index contributed by atoms with van der Waals surface area (Å²) in [5.41, 5.74) is 0. The topological polar surface area (TPSA) is 35.5 Å². The third-order valence-electron chi connectivity index (χ3n) is 3.04. The lowest BCUT2D eigenvalue weighted by Crippen LogP contribution is -2.32. The number of hydrogen-bond acceptors (Lipinski definition) is 3. The molecule has 1 aliphatic heterocycles. The van der Waals surface area contributed by atoms with Crippen LogP contribution in [0, 0.1) is 17.8 Å². The number of hydrogen-bond donors (Lipinski definition) is 2. The van der Waals surface area contributed by atoms with Gasteiger partial charge in [-0.15, -0.1) is 0 Å². The molecule has 3 nitrogen and oxygen atoms in total. The fourth-order valence-electron chi connectivity index (χ4n) is 2.36. The molecule has 1 aliphatic carbocycles. The summed E-state index contributed by atoms with van der Waals surface area (Å²) in [6.45, 7) is 3.79. The largest absolute Gasteiger partial charge is 0.396 e. The monoisotopic (exact) mass is 156 g/mol. The van der Waals surface area contributed by atoms with E-state index < -0.39 is 0 Å². The Labute approximate surface area is 67.4 Å². The van der Waals surface area contributed by atoms with Gasteiger partial charge in [0.15, 0.2) is 0 Å². The molecule has 3 heteroatoms. The van der Waals surface area contributed by atoms with Crippen LogP contribution in [0.1, 0.15) is 0 Å². The van der Waals surface area contributed by atoms with Gasteiger partial charge >= 0.3 is 0 Å². The highest BCUT2D eigenvalue weighted by molar-refractivity contribution is 5.04. The molecule has 0 aromatic heterocycles. The van der Waals surface area contributed by atoms with Crippen molar-refractivity contribution < 1.29 is 5.11 Å². The molecule has 64 valence electrons. The van der Waals surface area contributed by atoms with E-state index >= 15 is 0 Å². The number of piperidine rings is 1. The van der Waals surface area contributed by atoms with Crippen molar-refractivity contribution in [3.63, 3.8) is 0 Å². The molecule has 1 heterocycles. The molecular formula is C8H16N2O. The van der Waals surface area contributed by atoms with E-state index in [-0.39, 0.29) is 0 Å². The van der Waals surface area contributed by atoms with E-state index in [2.05, 4.69) is 10.2 Å². The SMILES string of the molecule is CNCN1CC2C(CO)C2C1. The minimum atomic E-state index is 0.405. The van der Waals surface area contributed by atoms with Gasteiger partial charge in [0.1, 0.15) is 0 Å². The third kappa shape index (κ3) is 1.17. The number of fused-ring (bicyclic) bond motifs is 1. The molecule has 2 fully saturated rings. The summed E-state index contributed by atoms with van der Waals surface area (Å²) in [5.74, 6) is 2.27. The third-order valence-corrected chi connectivity index (χ3v) is 3.04. The maximum absolute atomic E-state index is 8.89. The van der Waals surface area contributed by atoms with Gasteiger partial charge in [-0.3, -0.25) is 4.90 Å². The smallest absolute Gasteiger partial charge is 0.0478 e. The van der Waals surface area contributed by atoms with Crippen molar-refractivity contribution >= 4 is 0 Å². The van der Waals surface area contributed by atoms with Gasteiger partial charge in [-0.25, -0.2) is 0 Å². The van der Waals surface area contributed by atoms with E-state index in [9.17, 15) is 0 Å². The molecule has 2 aliphatic rings. The molecule has 2 rings (SSSR count). The van der Waals surface area contributed by atoms with Crippen LogP contribution in [0.2, 0.25) is 0 Å². The molecule has 2 N–H and O–H groups in total. The highest BCUT2D eigenvalue weighted by Gasteiger charge is 2.54. The molecular weight excluding hydrogens is 140 g/mol. The van der Waals surface area contributed by atoms with Crippen LogP contribution in [-0.2, 0) is 0 Å². The molecule has 0 amide bonds. The minimum absolute atomic E-state index is 0.405. The van der Waals surface area contributed by atoms with Crippen LogP contribution >= 0.6 is 0 Å². The number of aliphatic hydroxyl groups excluding tert-OH is 1. The average Bonchev–Trinajstić information content (AvgIpc) is 2.47. The average molecular weight is 156 g/mol. The predicted octanol–water partition coefficient (Wildman–Crippen LogP) is -0.667. The molecule has 1 saturated carbocycles. The maximum Gasteiger partial charge on any atom is 0.0478 e. The Morgan fingerprint density at radius 3 is 2.55 bits per heavy atom. The predicted molar refractivity (Wildman–Crippen MR) is 43.1 cm³/mol. The fraction of sp³-hybridized carbons (Fsp3) is 1.00. The Balaban J connectivity index is 1.76. The van der Waals surface area contributed by atoms with Gasteiger partial charge in [-0.2, -0.15) is 0 Å². The molecule has 2 atom stereocenters. The fourth-order valence-corrected chi connectivity index (χ4v) is 2.36. The zero-order chi connectivity index (χ0) is 7.84. The second-order valence-corrected chi connectivity index (χ2v) is 3.72.